The molecule has 4 heteroatoms. The molecule has 54 valence electrons. The SMILES string of the molecule is C1COC2(CNC2)O1.Cl. The molecule has 0 aromatic rings. The summed E-state index contributed by atoms with van der Waals surface area (Å²) in [6.07, 6.45) is 0. The Kier molecular flexibility index (Phi) is 1.96. The van der Waals surface area contributed by atoms with Crippen LogP contribution in [0.5, 0.6) is 0 Å². The van der Waals surface area contributed by atoms with Gasteiger partial charge < -0.3 is 14.8 Å². The minimum Gasteiger partial charge on any atom is -0.345 e. The van der Waals surface area contributed by atoms with Gasteiger partial charge in [-0.15, -0.1) is 12.4 Å². The van der Waals surface area contributed by atoms with Crippen LogP contribution < -0.4 is 5.32 Å². The molecule has 2 fully saturated rings. The monoisotopic (exact) mass is 151 g/mol. The van der Waals surface area contributed by atoms with Crippen molar-refractivity contribution >= 4 is 12.4 Å². The van der Waals surface area contributed by atoms with Crippen molar-refractivity contribution in [3.8, 4) is 0 Å². The first-order valence-electron chi connectivity index (χ1n) is 2.90. The topological polar surface area (TPSA) is 30.5 Å². The molecule has 1 N–H and O–H groups in total. The molecule has 0 aromatic heterocycles. The third kappa shape index (κ3) is 1.05. The highest BCUT2D eigenvalue weighted by molar-refractivity contribution is 5.85. The van der Waals surface area contributed by atoms with E-state index in [0.29, 0.717) is 0 Å². The molecule has 0 aromatic carbocycles. The molecule has 0 atom stereocenters. The lowest BCUT2D eigenvalue weighted by atomic mass is 10.2. The fraction of sp³-hybridized carbons (Fsp3) is 1.00. The Hall–Kier alpha value is 0.170. The molecule has 1 spiro atoms. The average molecular weight is 152 g/mol. The predicted octanol–water partition coefficient (Wildman–Crippen LogP) is -0.245. The molecule has 3 nitrogen and oxygen atoms in total. The summed E-state index contributed by atoms with van der Waals surface area (Å²) in [5.41, 5.74) is 0. The zero-order valence-corrected chi connectivity index (χ0v) is 5.87. The zero-order valence-electron chi connectivity index (χ0n) is 5.05. The van der Waals surface area contributed by atoms with E-state index in [-0.39, 0.29) is 18.2 Å². The normalized spacial score (nSPS) is 29.3. The lowest BCUT2D eigenvalue weighted by Gasteiger charge is -2.36. The van der Waals surface area contributed by atoms with E-state index in [1.54, 1.807) is 0 Å². The summed E-state index contributed by atoms with van der Waals surface area (Å²) in [5, 5.41) is 3.09. The molecule has 2 aliphatic rings. The predicted molar refractivity (Wildman–Crippen MR) is 34.8 cm³/mol. The second-order valence-electron chi connectivity index (χ2n) is 2.21. The van der Waals surface area contributed by atoms with Crippen LogP contribution in [-0.2, 0) is 9.47 Å². The number of halogens is 1. The smallest absolute Gasteiger partial charge is 0.193 e. The van der Waals surface area contributed by atoms with Gasteiger partial charge in [-0.3, -0.25) is 0 Å². The molecule has 0 amide bonds. The molecule has 0 bridgehead atoms. The van der Waals surface area contributed by atoms with Crippen molar-refractivity contribution in [2.24, 2.45) is 0 Å². The van der Waals surface area contributed by atoms with Crippen molar-refractivity contribution < 1.29 is 9.47 Å². The van der Waals surface area contributed by atoms with Gasteiger partial charge in [0.2, 0.25) is 0 Å². The summed E-state index contributed by atoms with van der Waals surface area (Å²) in [7, 11) is 0. The minimum atomic E-state index is -0.194. The van der Waals surface area contributed by atoms with Crippen molar-refractivity contribution in [3.63, 3.8) is 0 Å². The van der Waals surface area contributed by atoms with Gasteiger partial charge in [0, 0.05) is 0 Å². The van der Waals surface area contributed by atoms with Crippen LogP contribution in [0.15, 0.2) is 0 Å². The first kappa shape index (κ1) is 7.28. The highest BCUT2D eigenvalue weighted by atomic mass is 35.5. The van der Waals surface area contributed by atoms with E-state index in [2.05, 4.69) is 5.32 Å². The van der Waals surface area contributed by atoms with Gasteiger partial charge in [0.15, 0.2) is 5.79 Å². The maximum Gasteiger partial charge on any atom is 0.193 e. The largest absolute Gasteiger partial charge is 0.345 e. The van der Waals surface area contributed by atoms with Gasteiger partial charge in [0.1, 0.15) is 0 Å². The Morgan fingerprint density at radius 3 is 1.89 bits per heavy atom. The maximum atomic E-state index is 5.29. The molecule has 2 saturated heterocycles. The highest BCUT2D eigenvalue weighted by Crippen LogP contribution is 2.22. The number of hydrogen-bond donors (Lipinski definition) is 1. The summed E-state index contributed by atoms with van der Waals surface area (Å²) in [6.45, 7) is 3.27. The van der Waals surface area contributed by atoms with Crippen LogP contribution in [-0.4, -0.2) is 32.1 Å². The third-order valence-corrected chi connectivity index (χ3v) is 1.60. The Bertz CT molecular complexity index is 97.1. The van der Waals surface area contributed by atoms with E-state index in [1.807, 2.05) is 0 Å². The van der Waals surface area contributed by atoms with Crippen LogP contribution in [0.3, 0.4) is 0 Å². The Morgan fingerprint density at radius 2 is 1.67 bits per heavy atom. The second kappa shape index (κ2) is 2.42. The molecule has 0 saturated carbocycles. The van der Waals surface area contributed by atoms with Crippen LogP contribution in [0.1, 0.15) is 0 Å². The molecule has 9 heavy (non-hydrogen) atoms. The molecule has 2 rings (SSSR count). The Morgan fingerprint density at radius 1 is 1.11 bits per heavy atom. The number of rotatable bonds is 0. The zero-order chi connectivity index (χ0) is 5.45. The molecule has 0 aliphatic carbocycles. The lowest BCUT2D eigenvalue weighted by molar-refractivity contribution is -0.186. The molecule has 0 radical (unpaired) electrons. The van der Waals surface area contributed by atoms with Crippen molar-refractivity contribution in [2.75, 3.05) is 26.3 Å². The fourth-order valence-corrected chi connectivity index (χ4v) is 1.03. The van der Waals surface area contributed by atoms with E-state index in [4.69, 9.17) is 9.47 Å². The number of ether oxygens (including phenoxy) is 2. The first-order chi connectivity index (χ1) is 3.91. The standard InChI is InChI=1S/C5H9NO2.ClH/c1-2-8-5(7-1)3-6-4-5;/h6H,1-4H2;1H. The second-order valence-corrected chi connectivity index (χ2v) is 2.21. The molecular formula is C5H10ClNO2. The third-order valence-electron chi connectivity index (χ3n) is 1.60. The first-order valence-corrected chi connectivity index (χ1v) is 2.90. The molecule has 2 aliphatic heterocycles. The molecule has 0 unspecified atom stereocenters. The van der Waals surface area contributed by atoms with Gasteiger partial charge in [0.25, 0.3) is 0 Å². The number of hydrogen-bond acceptors (Lipinski definition) is 3. The van der Waals surface area contributed by atoms with Crippen LogP contribution in [0.2, 0.25) is 0 Å². The highest BCUT2D eigenvalue weighted by Gasteiger charge is 2.42. The van der Waals surface area contributed by atoms with Crippen molar-refractivity contribution in [3.05, 3.63) is 0 Å². The Labute approximate surface area is 60.1 Å². The van der Waals surface area contributed by atoms with Crippen LogP contribution in [0, 0.1) is 0 Å². The van der Waals surface area contributed by atoms with E-state index in [9.17, 15) is 0 Å². The van der Waals surface area contributed by atoms with Gasteiger partial charge in [-0.25, -0.2) is 0 Å². The summed E-state index contributed by atoms with van der Waals surface area (Å²) >= 11 is 0. The van der Waals surface area contributed by atoms with Crippen LogP contribution in [0.25, 0.3) is 0 Å². The molecular weight excluding hydrogens is 142 g/mol. The maximum absolute atomic E-state index is 5.29. The number of nitrogens with one attached hydrogen (secondary N) is 1. The van der Waals surface area contributed by atoms with E-state index in [1.165, 1.54) is 0 Å². The Balaban J connectivity index is 0.000000405. The van der Waals surface area contributed by atoms with Crippen LogP contribution >= 0.6 is 12.4 Å². The van der Waals surface area contributed by atoms with Crippen molar-refractivity contribution in [1.29, 1.82) is 0 Å². The van der Waals surface area contributed by atoms with Gasteiger partial charge in [-0.05, 0) is 0 Å². The molecule has 2 heterocycles. The van der Waals surface area contributed by atoms with E-state index < -0.39 is 0 Å². The quantitative estimate of drug-likeness (QED) is 0.518. The summed E-state index contributed by atoms with van der Waals surface area (Å²) in [4.78, 5) is 0. The van der Waals surface area contributed by atoms with E-state index in [0.717, 1.165) is 26.3 Å². The van der Waals surface area contributed by atoms with E-state index >= 15 is 0 Å². The minimum absolute atomic E-state index is 0. The van der Waals surface area contributed by atoms with Crippen molar-refractivity contribution in [1.82, 2.24) is 5.32 Å². The summed E-state index contributed by atoms with van der Waals surface area (Å²) in [5.74, 6) is -0.194. The van der Waals surface area contributed by atoms with Gasteiger partial charge in [0.05, 0.1) is 26.3 Å². The average Bonchev–Trinajstić information content (AvgIpc) is 2.07. The van der Waals surface area contributed by atoms with Crippen molar-refractivity contribution in [2.45, 2.75) is 5.79 Å². The summed E-state index contributed by atoms with van der Waals surface area (Å²) in [6, 6.07) is 0. The lowest BCUT2D eigenvalue weighted by Crippen LogP contribution is -2.60. The summed E-state index contributed by atoms with van der Waals surface area (Å²) < 4.78 is 10.6. The van der Waals surface area contributed by atoms with Gasteiger partial charge in [-0.1, -0.05) is 0 Å². The van der Waals surface area contributed by atoms with Gasteiger partial charge in [-0.2, -0.15) is 0 Å². The van der Waals surface area contributed by atoms with Gasteiger partial charge >= 0.3 is 0 Å². The fourth-order valence-electron chi connectivity index (χ4n) is 1.03. The van der Waals surface area contributed by atoms with Crippen LogP contribution in [0.4, 0.5) is 0 Å².